The summed E-state index contributed by atoms with van der Waals surface area (Å²) < 4.78 is 5.04. The van der Waals surface area contributed by atoms with Gasteiger partial charge in [-0.1, -0.05) is 51.0 Å². The van der Waals surface area contributed by atoms with E-state index in [1.54, 1.807) is 19.3 Å². The Morgan fingerprint density at radius 2 is 1.89 bits per heavy atom. The van der Waals surface area contributed by atoms with Crippen molar-refractivity contribution < 1.29 is 9.44 Å². The maximum absolute atomic E-state index is 9.77. The van der Waals surface area contributed by atoms with Crippen molar-refractivity contribution in [3.63, 3.8) is 0 Å². The van der Waals surface area contributed by atoms with Gasteiger partial charge < -0.3 is 9.44 Å². The lowest BCUT2D eigenvalue weighted by Gasteiger charge is -2.11. The summed E-state index contributed by atoms with van der Waals surface area (Å²) in [6.45, 7) is 5.66. The summed E-state index contributed by atoms with van der Waals surface area (Å²) in [5.41, 5.74) is 4.33. The van der Waals surface area contributed by atoms with Gasteiger partial charge in [-0.05, 0) is 28.6 Å². The molecule has 3 heteroatoms. The van der Waals surface area contributed by atoms with Crippen molar-refractivity contribution >= 4 is 24.5 Å². The first-order valence-electron chi connectivity index (χ1n) is 6.59. The average molecular weight is 254 g/mol. The van der Waals surface area contributed by atoms with Crippen molar-refractivity contribution in [2.24, 2.45) is 0 Å². The number of benzene rings is 1. The minimum absolute atomic E-state index is 0.444. The molecule has 1 aromatic heterocycles. The second-order valence-electron chi connectivity index (χ2n) is 5.15. The molecule has 19 heavy (non-hydrogen) atoms. The first kappa shape index (κ1) is 13.7. The highest BCUT2D eigenvalue weighted by Gasteiger charge is 2.10. The Kier molecular flexibility index (Phi) is 4.28. The summed E-state index contributed by atoms with van der Waals surface area (Å²) in [5.74, 6) is 0.444. The highest BCUT2D eigenvalue weighted by Crippen LogP contribution is 2.17. The van der Waals surface area contributed by atoms with Crippen molar-refractivity contribution in [3.05, 3.63) is 53.5 Å². The summed E-state index contributed by atoms with van der Waals surface area (Å²) in [7, 11) is 0. The van der Waals surface area contributed by atoms with Gasteiger partial charge in [-0.25, -0.2) is 0 Å². The Labute approximate surface area is 114 Å². The quantitative estimate of drug-likeness (QED) is 0.848. The fourth-order valence-corrected chi connectivity index (χ4v) is 1.94. The smallest absolute Gasteiger partial charge is 0.320 e. The normalized spacial score (nSPS) is 11.4. The van der Waals surface area contributed by atoms with E-state index in [1.165, 1.54) is 5.56 Å². The molecule has 98 valence electrons. The van der Waals surface area contributed by atoms with Crippen LogP contribution in [0.4, 0.5) is 0 Å². The third-order valence-electron chi connectivity index (χ3n) is 3.16. The molecule has 0 atom stereocenters. The zero-order valence-electron chi connectivity index (χ0n) is 11.6. The van der Waals surface area contributed by atoms with Crippen LogP contribution in [0.15, 0.2) is 41.2 Å². The zero-order valence-corrected chi connectivity index (χ0v) is 11.6. The molecule has 2 aromatic rings. The topological polar surface area (TPSA) is 33.4 Å². The molecule has 1 heterocycles. The van der Waals surface area contributed by atoms with Crippen molar-refractivity contribution in [2.45, 2.75) is 26.6 Å². The van der Waals surface area contributed by atoms with Gasteiger partial charge in [0.05, 0.1) is 12.5 Å². The van der Waals surface area contributed by atoms with Gasteiger partial charge in [-0.2, -0.15) is 0 Å². The Balaban J connectivity index is 2.33. The van der Waals surface area contributed by atoms with Crippen LogP contribution >= 0.6 is 0 Å². The Morgan fingerprint density at radius 3 is 2.47 bits per heavy atom. The minimum Gasteiger partial charge on any atom is -0.472 e. The lowest BCUT2D eigenvalue weighted by molar-refractivity contribution is 0.567. The molecule has 2 rings (SSSR count). The highest BCUT2D eigenvalue weighted by atomic mass is 16.3. The fourth-order valence-electron chi connectivity index (χ4n) is 1.94. The molecule has 0 saturated heterocycles. The van der Waals surface area contributed by atoms with Crippen LogP contribution in [0, 0.1) is 0 Å². The average Bonchev–Trinajstić information content (AvgIpc) is 2.89. The molecule has 0 saturated carbocycles. The molecule has 0 aliphatic heterocycles. The van der Waals surface area contributed by atoms with Gasteiger partial charge in [0.15, 0.2) is 0 Å². The van der Waals surface area contributed by atoms with Crippen molar-refractivity contribution in [1.29, 1.82) is 0 Å². The Morgan fingerprint density at radius 1 is 1.16 bits per heavy atom. The zero-order chi connectivity index (χ0) is 13.8. The van der Waals surface area contributed by atoms with Gasteiger partial charge in [-0.15, -0.1) is 0 Å². The molecule has 2 nitrogen and oxygen atoms in total. The van der Waals surface area contributed by atoms with Crippen LogP contribution in [-0.2, 0) is 0 Å². The molecule has 0 radical (unpaired) electrons. The van der Waals surface area contributed by atoms with Crippen LogP contribution in [0.3, 0.4) is 0 Å². The first-order valence-corrected chi connectivity index (χ1v) is 6.59. The summed E-state index contributed by atoms with van der Waals surface area (Å²) in [6.07, 6.45) is 7.42. The first-order chi connectivity index (χ1) is 9.06. The van der Waals surface area contributed by atoms with E-state index in [4.69, 9.17) is 4.42 Å². The van der Waals surface area contributed by atoms with Crippen LogP contribution in [0.5, 0.6) is 0 Å². The second kappa shape index (κ2) is 5.94. The maximum atomic E-state index is 9.77. The molecule has 1 aromatic carbocycles. The van der Waals surface area contributed by atoms with Gasteiger partial charge in [0.25, 0.3) is 0 Å². The third-order valence-corrected chi connectivity index (χ3v) is 3.16. The molecular formula is C16H19BO2. The largest absolute Gasteiger partial charge is 0.472 e. The van der Waals surface area contributed by atoms with Gasteiger partial charge >= 0.3 is 6.92 Å². The summed E-state index contributed by atoms with van der Waals surface area (Å²) in [6, 6.07) is 8.17. The van der Waals surface area contributed by atoms with Crippen LogP contribution in [0.2, 0.25) is 6.82 Å². The van der Waals surface area contributed by atoms with E-state index in [1.807, 2.05) is 24.3 Å². The molecule has 0 fully saturated rings. The van der Waals surface area contributed by atoms with E-state index in [0.29, 0.717) is 5.92 Å². The predicted octanol–water partition coefficient (Wildman–Crippen LogP) is 3.39. The maximum Gasteiger partial charge on any atom is 0.320 e. The number of furan rings is 1. The van der Waals surface area contributed by atoms with Gasteiger partial charge in [0.2, 0.25) is 0 Å². The van der Waals surface area contributed by atoms with Crippen LogP contribution in [-0.4, -0.2) is 11.9 Å². The molecule has 0 amide bonds. The van der Waals surface area contributed by atoms with E-state index in [2.05, 4.69) is 26.0 Å². The number of rotatable bonds is 4. The molecule has 0 spiro atoms. The predicted molar refractivity (Wildman–Crippen MR) is 81.6 cm³/mol. The molecule has 0 bridgehead atoms. The summed E-state index contributed by atoms with van der Waals surface area (Å²) >= 11 is 0. The van der Waals surface area contributed by atoms with Crippen molar-refractivity contribution in [1.82, 2.24) is 0 Å². The lowest BCUT2D eigenvalue weighted by atomic mass is 9.63. The van der Waals surface area contributed by atoms with Crippen LogP contribution in [0.1, 0.15) is 36.5 Å². The highest BCUT2D eigenvalue weighted by molar-refractivity contribution is 6.64. The van der Waals surface area contributed by atoms with Crippen LogP contribution < -0.4 is 5.46 Å². The fraction of sp³-hybridized carbons (Fsp3) is 0.250. The van der Waals surface area contributed by atoms with Gasteiger partial charge in [0.1, 0.15) is 0 Å². The summed E-state index contributed by atoms with van der Waals surface area (Å²) in [5, 5.41) is 9.77. The van der Waals surface area contributed by atoms with E-state index in [0.717, 1.165) is 16.6 Å². The molecule has 0 unspecified atom stereocenters. The van der Waals surface area contributed by atoms with Crippen LogP contribution in [0.25, 0.3) is 12.2 Å². The SMILES string of the molecule is CB(O)c1cc(/C=C/c2ccoc2)cc(C(C)C)c1. The van der Waals surface area contributed by atoms with Gasteiger partial charge in [0, 0.05) is 5.56 Å². The monoisotopic (exact) mass is 254 g/mol. The standard InChI is InChI=1S/C16H19BO2/c1-12(2)15-8-14(9-16(10-15)17(3)18)5-4-13-6-7-19-11-13/h4-12,18H,1-3H3/b5-4+. The number of hydrogen-bond acceptors (Lipinski definition) is 2. The van der Waals surface area contributed by atoms with E-state index in [-0.39, 0.29) is 0 Å². The molecular weight excluding hydrogens is 235 g/mol. The van der Waals surface area contributed by atoms with E-state index >= 15 is 0 Å². The Bertz CT molecular complexity index is 528. The third kappa shape index (κ3) is 3.61. The van der Waals surface area contributed by atoms with Crippen molar-refractivity contribution in [3.8, 4) is 0 Å². The molecule has 0 aliphatic carbocycles. The summed E-state index contributed by atoms with van der Waals surface area (Å²) in [4.78, 5) is 0. The second-order valence-corrected chi connectivity index (χ2v) is 5.15. The Hall–Kier alpha value is -1.74. The van der Waals surface area contributed by atoms with Crippen molar-refractivity contribution in [2.75, 3.05) is 0 Å². The lowest BCUT2D eigenvalue weighted by Crippen LogP contribution is -2.26. The number of hydrogen-bond donors (Lipinski definition) is 1. The molecule has 1 N–H and O–H groups in total. The van der Waals surface area contributed by atoms with E-state index < -0.39 is 6.92 Å². The van der Waals surface area contributed by atoms with Gasteiger partial charge in [-0.3, -0.25) is 0 Å². The van der Waals surface area contributed by atoms with E-state index in [9.17, 15) is 5.02 Å². The molecule has 0 aliphatic rings. The minimum atomic E-state index is -0.445.